The molecule has 0 aromatic heterocycles. The van der Waals surface area contributed by atoms with E-state index in [4.69, 9.17) is 4.74 Å². The minimum absolute atomic E-state index is 0.0491. The van der Waals surface area contributed by atoms with Crippen molar-refractivity contribution in [2.45, 2.75) is 39.7 Å². The number of hydrogen-bond acceptors (Lipinski definition) is 4. The predicted molar refractivity (Wildman–Crippen MR) is 91.2 cm³/mol. The van der Waals surface area contributed by atoms with Gasteiger partial charge in [0.2, 0.25) is 11.8 Å². The number of rotatable bonds is 9. The van der Waals surface area contributed by atoms with E-state index in [1.54, 1.807) is 6.92 Å². The first-order chi connectivity index (χ1) is 11.5. The first-order valence-corrected chi connectivity index (χ1v) is 8.24. The highest BCUT2D eigenvalue weighted by molar-refractivity contribution is 5.90. The van der Waals surface area contributed by atoms with Crippen LogP contribution in [0.25, 0.3) is 0 Å². The van der Waals surface area contributed by atoms with Crippen molar-refractivity contribution in [3.05, 3.63) is 35.9 Å². The average Bonchev–Trinajstić information content (AvgIpc) is 2.58. The van der Waals surface area contributed by atoms with Crippen molar-refractivity contribution in [3.8, 4) is 0 Å². The van der Waals surface area contributed by atoms with Crippen LogP contribution in [0.15, 0.2) is 30.3 Å². The van der Waals surface area contributed by atoms with Gasteiger partial charge in [-0.25, -0.2) is 0 Å². The topological polar surface area (TPSA) is 84.5 Å². The molecule has 0 heterocycles. The molecular formula is C18H26N2O4. The molecule has 2 atom stereocenters. The molecule has 0 aliphatic rings. The standard InChI is InChI=1S/C18H26N2O4/c1-4-13(3)17(18(23)19-12-16(22)24-5-2)20-15(21)11-14-9-7-6-8-10-14/h6-10,13,17H,4-5,11-12H2,1-3H3,(H,19,23)(H,20,21)/t13-,17-/m0/s1. The highest BCUT2D eigenvalue weighted by Gasteiger charge is 2.26. The number of nitrogens with one attached hydrogen (secondary N) is 2. The molecule has 0 aliphatic carbocycles. The molecule has 6 nitrogen and oxygen atoms in total. The van der Waals surface area contributed by atoms with Gasteiger partial charge in [-0.15, -0.1) is 0 Å². The van der Waals surface area contributed by atoms with Crippen molar-refractivity contribution >= 4 is 17.8 Å². The third-order valence-electron chi connectivity index (χ3n) is 3.73. The lowest BCUT2D eigenvalue weighted by Gasteiger charge is -2.23. The molecule has 132 valence electrons. The van der Waals surface area contributed by atoms with Crippen LogP contribution in [0.2, 0.25) is 0 Å². The third kappa shape index (κ3) is 6.81. The zero-order valence-corrected chi connectivity index (χ0v) is 14.5. The molecule has 0 radical (unpaired) electrons. The van der Waals surface area contributed by atoms with Crippen LogP contribution < -0.4 is 10.6 Å². The molecule has 0 fully saturated rings. The highest BCUT2D eigenvalue weighted by Crippen LogP contribution is 2.09. The summed E-state index contributed by atoms with van der Waals surface area (Å²) in [5, 5.41) is 5.29. The smallest absolute Gasteiger partial charge is 0.325 e. The highest BCUT2D eigenvalue weighted by atomic mass is 16.5. The number of amides is 2. The monoisotopic (exact) mass is 334 g/mol. The summed E-state index contributed by atoms with van der Waals surface area (Å²) < 4.78 is 4.78. The SMILES string of the molecule is CCOC(=O)CNC(=O)[C@@H](NC(=O)Cc1ccccc1)[C@@H](C)CC. The van der Waals surface area contributed by atoms with Gasteiger partial charge in [-0.3, -0.25) is 14.4 Å². The summed E-state index contributed by atoms with van der Waals surface area (Å²) in [5.74, 6) is -1.15. The van der Waals surface area contributed by atoms with Crippen molar-refractivity contribution in [2.24, 2.45) is 5.92 Å². The maximum atomic E-state index is 12.3. The van der Waals surface area contributed by atoms with E-state index >= 15 is 0 Å². The maximum absolute atomic E-state index is 12.3. The van der Waals surface area contributed by atoms with E-state index in [1.807, 2.05) is 44.2 Å². The fraction of sp³-hybridized carbons (Fsp3) is 0.500. The molecule has 0 bridgehead atoms. The number of ether oxygens (including phenoxy) is 1. The van der Waals surface area contributed by atoms with Crippen molar-refractivity contribution in [1.82, 2.24) is 10.6 Å². The molecule has 24 heavy (non-hydrogen) atoms. The van der Waals surface area contributed by atoms with E-state index in [2.05, 4.69) is 10.6 Å². The van der Waals surface area contributed by atoms with Crippen LogP contribution >= 0.6 is 0 Å². The molecule has 1 aromatic carbocycles. The van der Waals surface area contributed by atoms with Gasteiger partial charge in [0, 0.05) is 0 Å². The van der Waals surface area contributed by atoms with Crippen molar-refractivity contribution < 1.29 is 19.1 Å². The predicted octanol–water partition coefficient (Wildman–Crippen LogP) is 1.44. The lowest BCUT2D eigenvalue weighted by atomic mass is 9.98. The van der Waals surface area contributed by atoms with Crippen molar-refractivity contribution in [2.75, 3.05) is 13.2 Å². The molecule has 0 saturated carbocycles. The maximum Gasteiger partial charge on any atom is 0.325 e. The van der Waals surface area contributed by atoms with Crippen molar-refractivity contribution in [1.29, 1.82) is 0 Å². The van der Waals surface area contributed by atoms with Crippen molar-refractivity contribution in [3.63, 3.8) is 0 Å². The minimum atomic E-state index is -0.680. The Bertz CT molecular complexity index is 545. The third-order valence-corrected chi connectivity index (χ3v) is 3.73. The van der Waals surface area contributed by atoms with Crippen LogP contribution in [-0.4, -0.2) is 37.0 Å². The first kappa shape index (κ1) is 19.7. The van der Waals surface area contributed by atoms with Gasteiger partial charge in [-0.1, -0.05) is 50.6 Å². The fourth-order valence-electron chi connectivity index (χ4n) is 2.19. The van der Waals surface area contributed by atoms with Gasteiger partial charge in [-0.2, -0.15) is 0 Å². The van der Waals surface area contributed by atoms with E-state index in [0.717, 1.165) is 12.0 Å². The van der Waals surface area contributed by atoms with E-state index in [9.17, 15) is 14.4 Å². The summed E-state index contributed by atoms with van der Waals surface area (Å²) in [6, 6.07) is 8.64. The molecule has 0 unspecified atom stereocenters. The van der Waals surface area contributed by atoms with Gasteiger partial charge in [0.05, 0.1) is 13.0 Å². The Balaban J connectivity index is 2.62. The normalized spacial score (nSPS) is 12.8. The molecule has 0 aliphatic heterocycles. The quantitative estimate of drug-likeness (QED) is 0.669. The Morgan fingerprint density at radius 3 is 2.38 bits per heavy atom. The summed E-state index contributed by atoms with van der Waals surface area (Å²) in [6.45, 7) is 5.59. The van der Waals surface area contributed by atoms with Crippen LogP contribution in [0.5, 0.6) is 0 Å². The first-order valence-electron chi connectivity index (χ1n) is 8.24. The largest absolute Gasteiger partial charge is 0.465 e. The average molecular weight is 334 g/mol. The van der Waals surface area contributed by atoms with Crippen LogP contribution in [0.4, 0.5) is 0 Å². The molecule has 1 aromatic rings. The summed E-state index contributed by atoms with van der Waals surface area (Å²) in [4.78, 5) is 35.9. The Labute approximate surface area is 143 Å². The second-order valence-corrected chi connectivity index (χ2v) is 5.62. The number of carbonyl (C=O) groups excluding carboxylic acids is 3. The van der Waals surface area contributed by atoms with Gasteiger partial charge >= 0.3 is 5.97 Å². The van der Waals surface area contributed by atoms with E-state index in [-0.39, 0.29) is 37.3 Å². The Morgan fingerprint density at radius 2 is 1.79 bits per heavy atom. The Morgan fingerprint density at radius 1 is 1.12 bits per heavy atom. The van der Waals surface area contributed by atoms with E-state index < -0.39 is 12.0 Å². The lowest BCUT2D eigenvalue weighted by molar-refractivity contribution is -0.143. The van der Waals surface area contributed by atoms with Gasteiger partial charge in [0.25, 0.3) is 0 Å². The second-order valence-electron chi connectivity index (χ2n) is 5.62. The molecule has 6 heteroatoms. The number of esters is 1. The van der Waals surface area contributed by atoms with Crippen LogP contribution in [0.3, 0.4) is 0 Å². The molecule has 2 amide bonds. The van der Waals surface area contributed by atoms with Gasteiger partial charge < -0.3 is 15.4 Å². The zero-order valence-electron chi connectivity index (χ0n) is 14.5. The summed E-state index contributed by atoms with van der Waals surface area (Å²) in [6.07, 6.45) is 0.933. The number of carbonyl (C=O) groups is 3. The summed E-state index contributed by atoms with van der Waals surface area (Å²) >= 11 is 0. The van der Waals surface area contributed by atoms with E-state index in [1.165, 1.54) is 0 Å². The Hall–Kier alpha value is -2.37. The van der Waals surface area contributed by atoms with Gasteiger partial charge in [0.1, 0.15) is 12.6 Å². The summed E-state index contributed by atoms with van der Waals surface area (Å²) in [5.41, 5.74) is 0.879. The van der Waals surface area contributed by atoms with Gasteiger partial charge in [0.15, 0.2) is 0 Å². The molecule has 0 saturated heterocycles. The molecular weight excluding hydrogens is 308 g/mol. The second kappa shape index (κ2) is 10.4. The van der Waals surface area contributed by atoms with Crippen LogP contribution in [0, 0.1) is 5.92 Å². The Kier molecular flexibility index (Phi) is 8.54. The molecule has 2 N–H and O–H groups in total. The number of benzene rings is 1. The molecule has 0 spiro atoms. The fourth-order valence-corrected chi connectivity index (χ4v) is 2.19. The lowest BCUT2D eigenvalue weighted by Crippen LogP contribution is -2.51. The van der Waals surface area contributed by atoms with Crippen LogP contribution in [-0.2, 0) is 25.5 Å². The zero-order chi connectivity index (χ0) is 17.9. The molecule has 1 rings (SSSR count). The summed E-state index contributed by atoms with van der Waals surface area (Å²) in [7, 11) is 0. The number of hydrogen-bond donors (Lipinski definition) is 2. The minimum Gasteiger partial charge on any atom is -0.465 e. The van der Waals surface area contributed by atoms with Gasteiger partial charge in [-0.05, 0) is 18.4 Å². The van der Waals surface area contributed by atoms with E-state index in [0.29, 0.717) is 0 Å². The van der Waals surface area contributed by atoms with Crippen LogP contribution in [0.1, 0.15) is 32.8 Å².